The zero-order chi connectivity index (χ0) is 34.7. The molecule has 0 N–H and O–H groups in total. The summed E-state index contributed by atoms with van der Waals surface area (Å²) in [5, 5.41) is 30.4. The molecule has 0 radical (unpaired) electrons. The molecule has 5 heteroatoms. The minimum absolute atomic E-state index is 0.0598. The van der Waals surface area contributed by atoms with E-state index in [-0.39, 0.29) is 17.9 Å². The van der Waals surface area contributed by atoms with E-state index in [0.717, 1.165) is 51.3 Å². The molecule has 5 nitrogen and oxygen atoms in total. The van der Waals surface area contributed by atoms with Crippen LogP contribution in [0.3, 0.4) is 0 Å². The lowest BCUT2D eigenvalue weighted by Gasteiger charge is -2.41. The topological polar surface area (TPSA) is 77.8 Å². The maximum absolute atomic E-state index is 10.6. The van der Waals surface area contributed by atoms with Crippen LogP contribution in [0.4, 0.5) is 22.7 Å². The Bertz CT molecular complexity index is 2440. The van der Waals surface area contributed by atoms with Crippen molar-refractivity contribution in [1.82, 2.24) is 0 Å². The van der Waals surface area contributed by atoms with E-state index in [1.165, 1.54) is 11.3 Å². The summed E-state index contributed by atoms with van der Waals surface area (Å²) < 4.78 is 0. The van der Waals surface area contributed by atoms with Crippen molar-refractivity contribution in [1.29, 1.82) is 15.8 Å². The zero-order valence-electron chi connectivity index (χ0n) is 28.1. The third kappa shape index (κ3) is 4.51. The summed E-state index contributed by atoms with van der Waals surface area (Å²) in [6, 6.07) is 39.0. The van der Waals surface area contributed by atoms with E-state index in [2.05, 4.69) is 150 Å². The molecule has 0 amide bonds. The fraction of sp³-hybridized carbons (Fsp3) is 0.152. The Hall–Kier alpha value is -6.61. The second-order valence-corrected chi connectivity index (χ2v) is 13.9. The van der Waals surface area contributed by atoms with Gasteiger partial charge in [-0.15, -0.1) is 0 Å². The van der Waals surface area contributed by atoms with Crippen molar-refractivity contribution in [3.63, 3.8) is 0 Å². The number of nitrogens with zero attached hydrogens (tertiary/aromatic N) is 5. The zero-order valence-corrected chi connectivity index (χ0v) is 28.1. The lowest BCUT2D eigenvalue weighted by atomic mass is 9.75. The molecule has 0 saturated carbocycles. The Morgan fingerprint density at radius 3 is 2.22 bits per heavy atom. The van der Waals surface area contributed by atoms with Gasteiger partial charge in [-0.2, -0.15) is 15.8 Å². The SMILES string of the molecule is CC12C(C#N)=CC=CC1c1cc(C#N)ccc1N2c1ccc(C2=CCC(c3ccccc3N3c4ccccc4C4C=CC=CC43)C(C#N)=C2)cc1. The molecule has 242 valence electrons. The second kappa shape index (κ2) is 11.8. The van der Waals surface area contributed by atoms with Gasteiger partial charge in [-0.05, 0) is 95.8 Å². The van der Waals surface area contributed by atoms with E-state index < -0.39 is 5.54 Å². The summed E-state index contributed by atoms with van der Waals surface area (Å²) >= 11 is 0. The summed E-state index contributed by atoms with van der Waals surface area (Å²) in [7, 11) is 0. The molecule has 5 unspecified atom stereocenters. The Labute approximate surface area is 298 Å². The van der Waals surface area contributed by atoms with Gasteiger partial charge < -0.3 is 9.80 Å². The van der Waals surface area contributed by atoms with Crippen molar-refractivity contribution in [2.75, 3.05) is 9.80 Å². The van der Waals surface area contributed by atoms with Crippen LogP contribution in [-0.2, 0) is 0 Å². The first kappa shape index (κ1) is 30.4. The number of fused-ring (bicyclic) bond motifs is 6. The highest BCUT2D eigenvalue weighted by Crippen LogP contribution is 2.56. The molecule has 0 fully saturated rings. The second-order valence-electron chi connectivity index (χ2n) is 13.9. The molecule has 51 heavy (non-hydrogen) atoms. The van der Waals surface area contributed by atoms with E-state index in [0.29, 0.717) is 17.1 Å². The van der Waals surface area contributed by atoms with Crippen LogP contribution in [0.2, 0.25) is 0 Å². The first-order valence-corrected chi connectivity index (χ1v) is 17.4. The van der Waals surface area contributed by atoms with E-state index in [9.17, 15) is 15.8 Å². The van der Waals surface area contributed by atoms with Gasteiger partial charge in [-0.3, -0.25) is 0 Å². The quantitative estimate of drug-likeness (QED) is 0.219. The molecule has 0 bridgehead atoms. The molecule has 9 rings (SSSR count). The molecule has 3 aliphatic carbocycles. The van der Waals surface area contributed by atoms with E-state index >= 15 is 0 Å². The smallest absolute Gasteiger partial charge is 0.0991 e. The molecule has 5 atom stereocenters. The number of nitriles is 3. The van der Waals surface area contributed by atoms with Crippen LogP contribution in [0.5, 0.6) is 0 Å². The number of hydrogen-bond acceptors (Lipinski definition) is 5. The standard InChI is InChI=1S/C46H33N5/c1-46-34(29-49)9-8-13-41(46)40-25-30(27-47)17-24-45(40)51(46)35-21-18-31(19-22-35)32-20-23-36(33(26-32)28-48)37-10-2-5-14-42(37)50-43-15-6-3-11-38(43)39-12-4-7-16-44(39)50/h2-22,24-26,36,38,41,43H,23H2,1H3. The number of allylic oxidation sites excluding steroid dienone is 8. The Morgan fingerprint density at radius 2 is 1.45 bits per heavy atom. The Kier molecular flexibility index (Phi) is 7.03. The van der Waals surface area contributed by atoms with Crippen molar-refractivity contribution in [3.8, 4) is 18.2 Å². The third-order valence-electron chi connectivity index (χ3n) is 11.4. The number of benzene rings is 4. The van der Waals surface area contributed by atoms with Gasteiger partial charge in [0.25, 0.3) is 0 Å². The van der Waals surface area contributed by atoms with Crippen molar-refractivity contribution < 1.29 is 0 Å². The summed E-state index contributed by atoms with van der Waals surface area (Å²) in [6.07, 6.45) is 19.9. The van der Waals surface area contributed by atoms with Crippen LogP contribution in [0.25, 0.3) is 5.57 Å². The molecular weight excluding hydrogens is 623 g/mol. The largest absolute Gasteiger partial charge is 0.333 e. The maximum atomic E-state index is 10.6. The highest BCUT2D eigenvalue weighted by Gasteiger charge is 2.51. The van der Waals surface area contributed by atoms with Gasteiger partial charge in [-0.25, -0.2) is 0 Å². The molecule has 4 aromatic carbocycles. The average molecular weight is 656 g/mol. The van der Waals surface area contributed by atoms with E-state index in [1.807, 2.05) is 30.4 Å². The molecule has 2 heterocycles. The van der Waals surface area contributed by atoms with Gasteiger partial charge in [-0.1, -0.05) is 91.1 Å². The van der Waals surface area contributed by atoms with Crippen LogP contribution >= 0.6 is 0 Å². The first-order chi connectivity index (χ1) is 25.0. The minimum Gasteiger partial charge on any atom is -0.333 e. The molecule has 0 saturated heterocycles. The fourth-order valence-corrected chi connectivity index (χ4v) is 9.02. The number of rotatable bonds is 4. The minimum atomic E-state index is -0.625. The van der Waals surface area contributed by atoms with E-state index in [4.69, 9.17) is 0 Å². The number of anilines is 4. The molecular formula is C46H33N5. The fourth-order valence-electron chi connectivity index (χ4n) is 9.02. The Morgan fingerprint density at radius 1 is 0.706 bits per heavy atom. The summed E-state index contributed by atoms with van der Waals surface area (Å²) in [5.41, 5.74) is 11.4. The van der Waals surface area contributed by atoms with Gasteiger partial charge in [0.15, 0.2) is 0 Å². The normalized spacial score (nSPS) is 24.9. The highest BCUT2D eigenvalue weighted by atomic mass is 15.2. The average Bonchev–Trinajstić information content (AvgIpc) is 3.66. The number of hydrogen-bond donors (Lipinski definition) is 0. The molecule has 4 aromatic rings. The molecule has 0 spiro atoms. The van der Waals surface area contributed by atoms with Crippen LogP contribution in [0.1, 0.15) is 58.9 Å². The molecule has 0 aromatic heterocycles. The van der Waals surface area contributed by atoms with Crippen LogP contribution in [0.15, 0.2) is 157 Å². The maximum Gasteiger partial charge on any atom is 0.0991 e. The lowest BCUT2D eigenvalue weighted by Crippen LogP contribution is -2.45. The molecule has 2 aliphatic heterocycles. The summed E-state index contributed by atoms with van der Waals surface area (Å²) in [4.78, 5) is 4.70. The van der Waals surface area contributed by atoms with Crippen molar-refractivity contribution in [2.45, 2.75) is 42.7 Å². The van der Waals surface area contributed by atoms with Crippen LogP contribution in [0, 0.1) is 34.0 Å². The van der Waals surface area contributed by atoms with Crippen LogP contribution in [-0.4, -0.2) is 11.6 Å². The highest BCUT2D eigenvalue weighted by molar-refractivity contribution is 5.84. The van der Waals surface area contributed by atoms with Gasteiger partial charge in [0.2, 0.25) is 0 Å². The third-order valence-corrected chi connectivity index (χ3v) is 11.4. The predicted molar refractivity (Wildman–Crippen MR) is 203 cm³/mol. The van der Waals surface area contributed by atoms with Gasteiger partial charge >= 0.3 is 0 Å². The predicted octanol–water partition coefficient (Wildman–Crippen LogP) is 10.3. The van der Waals surface area contributed by atoms with Gasteiger partial charge in [0.1, 0.15) is 0 Å². The Balaban J connectivity index is 1.04. The van der Waals surface area contributed by atoms with Crippen molar-refractivity contribution >= 4 is 28.3 Å². The van der Waals surface area contributed by atoms with Crippen LogP contribution < -0.4 is 9.80 Å². The van der Waals surface area contributed by atoms with E-state index in [1.54, 1.807) is 0 Å². The summed E-state index contributed by atoms with van der Waals surface area (Å²) in [6.45, 7) is 2.11. The summed E-state index contributed by atoms with van der Waals surface area (Å²) in [5.74, 6) is 0.170. The van der Waals surface area contributed by atoms with Crippen molar-refractivity contribution in [3.05, 3.63) is 185 Å². The van der Waals surface area contributed by atoms with Gasteiger partial charge in [0.05, 0.1) is 40.9 Å². The lowest BCUT2D eigenvalue weighted by molar-refractivity contribution is 0.523. The van der Waals surface area contributed by atoms with Crippen molar-refractivity contribution in [2.24, 2.45) is 0 Å². The monoisotopic (exact) mass is 655 g/mol. The van der Waals surface area contributed by atoms with Gasteiger partial charge in [0, 0.05) is 46.1 Å². The first-order valence-electron chi connectivity index (χ1n) is 17.4. The molecule has 5 aliphatic rings. The number of para-hydroxylation sites is 2.